The fourth-order valence-corrected chi connectivity index (χ4v) is 2.86. The van der Waals surface area contributed by atoms with Crippen molar-refractivity contribution in [3.63, 3.8) is 0 Å². The van der Waals surface area contributed by atoms with Crippen molar-refractivity contribution in [2.45, 2.75) is 13.3 Å². The molecule has 0 aliphatic heterocycles. The molecule has 9 nitrogen and oxygen atoms in total. The summed E-state index contributed by atoms with van der Waals surface area (Å²) in [6.45, 7) is 1.38. The van der Waals surface area contributed by atoms with Crippen LogP contribution in [0.15, 0.2) is 6.07 Å². The first kappa shape index (κ1) is 16.6. The number of ketones is 1. The molecular formula is C13H12N2O7S. The zero-order valence-corrected chi connectivity index (χ0v) is 12.9. The maximum Gasteiger partial charge on any atom is 0.341 e. The molecule has 0 aliphatic rings. The molecule has 0 aliphatic carbocycles. The average molecular weight is 340 g/mol. The van der Waals surface area contributed by atoms with E-state index in [1.54, 1.807) is 0 Å². The predicted molar refractivity (Wildman–Crippen MR) is 80.2 cm³/mol. The summed E-state index contributed by atoms with van der Waals surface area (Å²) in [6, 6.07) is 1.34. The van der Waals surface area contributed by atoms with Crippen molar-refractivity contribution < 1.29 is 29.5 Å². The zero-order valence-electron chi connectivity index (χ0n) is 12.1. The number of rotatable bonds is 6. The number of nitrogens with zero attached hydrogens (tertiary/aromatic N) is 2. The number of ether oxygens (including phenoxy) is 1. The number of aromatic hydroxyl groups is 1. The van der Waals surface area contributed by atoms with Gasteiger partial charge in [-0.2, -0.15) is 0 Å². The molecule has 122 valence electrons. The quantitative estimate of drug-likeness (QED) is 0.463. The van der Waals surface area contributed by atoms with E-state index in [0.717, 1.165) is 11.3 Å². The van der Waals surface area contributed by atoms with Crippen molar-refractivity contribution in [2.24, 2.45) is 5.92 Å². The normalized spacial score (nSPS) is 12.1. The summed E-state index contributed by atoms with van der Waals surface area (Å²) in [6.07, 6.45) is -0.272. The standard InChI is InChI=1S/C13H12N2O7S/c1-5(13(18)19)3-6(16)12-14-9-8(23-12)4-7(22-2)11(17)10(9)15(20)21/h4-5,17H,3H2,1-2H3,(H,18,19). The number of aliphatic carboxylic acids is 1. The van der Waals surface area contributed by atoms with Crippen LogP contribution in [-0.2, 0) is 4.79 Å². The summed E-state index contributed by atoms with van der Waals surface area (Å²) in [5, 5.41) is 29.8. The van der Waals surface area contributed by atoms with Crippen LogP contribution in [0.3, 0.4) is 0 Å². The molecule has 0 radical (unpaired) electrons. The summed E-state index contributed by atoms with van der Waals surface area (Å²) >= 11 is 0.880. The third-order valence-electron chi connectivity index (χ3n) is 3.15. The van der Waals surface area contributed by atoms with Gasteiger partial charge in [0.2, 0.25) is 5.75 Å². The molecule has 2 rings (SSSR count). The second kappa shape index (κ2) is 6.16. The van der Waals surface area contributed by atoms with Crippen molar-refractivity contribution in [3.05, 3.63) is 21.2 Å². The van der Waals surface area contributed by atoms with Crippen LogP contribution >= 0.6 is 11.3 Å². The van der Waals surface area contributed by atoms with Crippen LogP contribution in [0.4, 0.5) is 5.69 Å². The Labute approximate surface area is 133 Å². The van der Waals surface area contributed by atoms with Gasteiger partial charge in [0.05, 0.1) is 22.7 Å². The maximum absolute atomic E-state index is 12.1. The van der Waals surface area contributed by atoms with Gasteiger partial charge in [0, 0.05) is 12.5 Å². The highest BCUT2D eigenvalue weighted by Gasteiger charge is 2.28. The van der Waals surface area contributed by atoms with Crippen LogP contribution in [-0.4, -0.2) is 39.0 Å². The highest BCUT2D eigenvalue weighted by atomic mass is 32.1. The lowest BCUT2D eigenvalue weighted by Crippen LogP contribution is -2.14. The van der Waals surface area contributed by atoms with Crippen molar-refractivity contribution in [2.75, 3.05) is 7.11 Å². The molecule has 0 fully saturated rings. The molecule has 1 aromatic carbocycles. The van der Waals surface area contributed by atoms with Gasteiger partial charge in [-0.25, -0.2) is 4.98 Å². The van der Waals surface area contributed by atoms with Gasteiger partial charge < -0.3 is 14.9 Å². The van der Waals surface area contributed by atoms with Gasteiger partial charge in [0.1, 0.15) is 0 Å². The summed E-state index contributed by atoms with van der Waals surface area (Å²) < 4.78 is 5.16. The summed E-state index contributed by atoms with van der Waals surface area (Å²) in [7, 11) is 1.24. The predicted octanol–water partition coefficient (Wildman–Crippen LogP) is 2.21. The second-order valence-corrected chi connectivity index (χ2v) is 5.80. The van der Waals surface area contributed by atoms with Crippen LogP contribution in [0, 0.1) is 16.0 Å². The van der Waals surface area contributed by atoms with Crippen molar-refractivity contribution in [3.8, 4) is 11.5 Å². The number of benzene rings is 1. The Morgan fingerprint density at radius 2 is 2.17 bits per heavy atom. The van der Waals surface area contributed by atoms with Crippen LogP contribution in [0.1, 0.15) is 23.1 Å². The monoisotopic (exact) mass is 340 g/mol. The molecule has 10 heteroatoms. The zero-order chi connectivity index (χ0) is 17.3. The third-order valence-corrected chi connectivity index (χ3v) is 4.20. The van der Waals surface area contributed by atoms with Crippen molar-refractivity contribution in [1.82, 2.24) is 4.98 Å². The van der Waals surface area contributed by atoms with Gasteiger partial charge in [0.15, 0.2) is 22.1 Å². The molecule has 1 heterocycles. The first-order valence-corrected chi connectivity index (χ1v) is 7.18. The number of phenolic OH excluding ortho intramolecular Hbond substituents is 1. The maximum atomic E-state index is 12.1. The fourth-order valence-electron chi connectivity index (χ4n) is 1.92. The number of aromatic nitrogens is 1. The van der Waals surface area contributed by atoms with Crippen LogP contribution < -0.4 is 4.74 Å². The number of carbonyl (C=O) groups excluding carboxylic acids is 1. The first-order valence-electron chi connectivity index (χ1n) is 6.37. The lowest BCUT2D eigenvalue weighted by Gasteiger charge is -2.03. The van der Waals surface area contributed by atoms with Gasteiger partial charge in [-0.3, -0.25) is 19.7 Å². The molecule has 0 bridgehead atoms. The van der Waals surface area contributed by atoms with Crippen LogP contribution in [0.25, 0.3) is 10.2 Å². The largest absolute Gasteiger partial charge is 0.499 e. The lowest BCUT2D eigenvalue weighted by atomic mass is 10.1. The number of Topliss-reactive ketones (excluding diaryl/α,β-unsaturated/α-hetero) is 1. The minimum absolute atomic E-state index is 0.0520. The third kappa shape index (κ3) is 3.06. The molecule has 2 N–H and O–H groups in total. The van der Waals surface area contributed by atoms with Gasteiger partial charge >= 0.3 is 11.7 Å². The second-order valence-electron chi connectivity index (χ2n) is 4.77. The Bertz CT molecular complexity index is 814. The number of hydrogen-bond donors (Lipinski definition) is 2. The van der Waals surface area contributed by atoms with Crippen molar-refractivity contribution in [1.29, 1.82) is 0 Å². The molecule has 23 heavy (non-hydrogen) atoms. The van der Waals surface area contributed by atoms with E-state index in [1.807, 2.05) is 0 Å². The Morgan fingerprint density at radius 3 is 2.70 bits per heavy atom. The topological polar surface area (TPSA) is 140 Å². The molecule has 0 saturated heterocycles. The van der Waals surface area contributed by atoms with E-state index in [-0.39, 0.29) is 27.4 Å². The number of phenols is 1. The average Bonchev–Trinajstić information content (AvgIpc) is 2.89. The van der Waals surface area contributed by atoms with E-state index in [9.17, 15) is 24.8 Å². The Balaban J connectivity index is 2.54. The molecule has 1 aromatic heterocycles. The number of hydrogen-bond acceptors (Lipinski definition) is 8. The Hall–Kier alpha value is -2.75. The van der Waals surface area contributed by atoms with E-state index in [1.165, 1.54) is 20.1 Å². The van der Waals surface area contributed by atoms with Gasteiger partial charge in [-0.1, -0.05) is 6.92 Å². The first-order chi connectivity index (χ1) is 10.8. The van der Waals surface area contributed by atoms with Gasteiger partial charge in [0.25, 0.3) is 0 Å². The molecule has 0 saturated carbocycles. The number of carboxylic acids is 1. The van der Waals surface area contributed by atoms with Crippen molar-refractivity contribution >= 4 is 39.0 Å². The molecule has 1 unspecified atom stereocenters. The minimum atomic E-state index is -1.12. The lowest BCUT2D eigenvalue weighted by molar-refractivity contribution is -0.384. The number of nitro benzene ring substituents is 1. The number of fused-ring (bicyclic) bond motifs is 1. The number of thiazole rings is 1. The highest BCUT2D eigenvalue weighted by molar-refractivity contribution is 7.20. The molecule has 0 spiro atoms. The van der Waals surface area contributed by atoms with E-state index in [0.29, 0.717) is 0 Å². The summed E-state index contributed by atoms with van der Waals surface area (Å²) in [5.74, 6) is -3.33. The molecule has 1 atom stereocenters. The van der Waals surface area contributed by atoms with E-state index in [4.69, 9.17) is 9.84 Å². The van der Waals surface area contributed by atoms with E-state index in [2.05, 4.69) is 4.98 Å². The highest BCUT2D eigenvalue weighted by Crippen LogP contribution is 2.43. The number of methoxy groups -OCH3 is 1. The molecule has 2 aromatic rings. The SMILES string of the molecule is COc1cc2sc(C(=O)CC(C)C(=O)O)nc2c([N+](=O)[O-])c1O. The van der Waals surface area contributed by atoms with E-state index >= 15 is 0 Å². The minimum Gasteiger partial charge on any atom is -0.499 e. The van der Waals surface area contributed by atoms with Crippen LogP contribution in [0.5, 0.6) is 11.5 Å². The Morgan fingerprint density at radius 1 is 1.52 bits per heavy atom. The molecular weight excluding hydrogens is 328 g/mol. The number of carboxylic acid groups (broad SMARTS) is 1. The van der Waals surface area contributed by atoms with Gasteiger partial charge in [-0.15, -0.1) is 11.3 Å². The smallest absolute Gasteiger partial charge is 0.341 e. The molecule has 0 amide bonds. The Kier molecular flexibility index (Phi) is 4.45. The number of carbonyl (C=O) groups is 2. The summed E-state index contributed by atoms with van der Waals surface area (Å²) in [5.41, 5.74) is -0.787. The van der Waals surface area contributed by atoms with Crippen LogP contribution in [0.2, 0.25) is 0 Å². The number of nitro groups is 1. The van der Waals surface area contributed by atoms with Gasteiger partial charge in [-0.05, 0) is 0 Å². The van der Waals surface area contributed by atoms with E-state index < -0.39 is 34.0 Å². The fraction of sp³-hybridized carbons (Fsp3) is 0.308. The summed E-state index contributed by atoms with van der Waals surface area (Å²) in [4.78, 5) is 37.1.